The van der Waals surface area contributed by atoms with E-state index in [1.165, 1.54) is 6.92 Å². The molecular formula is C6H10N2O2. The summed E-state index contributed by atoms with van der Waals surface area (Å²) in [7, 11) is 0. The first-order valence-electron chi connectivity index (χ1n) is 3.21. The molecule has 1 aliphatic heterocycles. The Bertz CT molecular complexity index is 156. The van der Waals surface area contributed by atoms with Crippen LogP contribution in [-0.4, -0.2) is 30.5 Å². The molecule has 56 valence electrons. The van der Waals surface area contributed by atoms with E-state index < -0.39 is 0 Å². The molecule has 0 spiro atoms. The van der Waals surface area contributed by atoms with Crippen LogP contribution in [0.3, 0.4) is 0 Å². The first kappa shape index (κ1) is 7.21. The van der Waals surface area contributed by atoms with Crippen molar-refractivity contribution in [1.29, 1.82) is 0 Å². The van der Waals surface area contributed by atoms with Crippen molar-refractivity contribution in [3.8, 4) is 0 Å². The summed E-state index contributed by atoms with van der Waals surface area (Å²) in [6, 6.07) is 0. The Morgan fingerprint density at radius 2 is 2.60 bits per heavy atom. The Balaban J connectivity index is 2.28. The van der Waals surface area contributed by atoms with Crippen LogP contribution in [0.2, 0.25) is 0 Å². The van der Waals surface area contributed by atoms with Crippen molar-refractivity contribution in [1.82, 2.24) is 5.06 Å². The van der Waals surface area contributed by atoms with E-state index in [1.54, 1.807) is 5.06 Å². The van der Waals surface area contributed by atoms with E-state index in [1.807, 2.05) is 6.21 Å². The molecule has 1 heterocycles. The second kappa shape index (κ2) is 3.31. The van der Waals surface area contributed by atoms with Crippen molar-refractivity contribution in [3.05, 3.63) is 0 Å². The van der Waals surface area contributed by atoms with Gasteiger partial charge in [0, 0.05) is 19.7 Å². The van der Waals surface area contributed by atoms with Crippen LogP contribution in [-0.2, 0) is 9.63 Å². The molecule has 4 nitrogen and oxygen atoms in total. The van der Waals surface area contributed by atoms with E-state index in [0.29, 0.717) is 6.67 Å². The van der Waals surface area contributed by atoms with Gasteiger partial charge in [-0.25, -0.2) is 0 Å². The highest BCUT2D eigenvalue weighted by molar-refractivity contribution is 5.65. The quantitative estimate of drug-likeness (QED) is 0.525. The topological polar surface area (TPSA) is 41.9 Å². The van der Waals surface area contributed by atoms with Gasteiger partial charge in [0.05, 0.1) is 0 Å². The normalized spacial score (nSPS) is 18.9. The zero-order valence-electron chi connectivity index (χ0n) is 5.91. The number of aliphatic imine (C=N–C) groups is 1. The smallest absolute Gasteiger partial charge is 0.322 e. The molecule has 0 aliphatic carbocycles. The highest BCUT2D eigenvalue weighted by Crippen LogP contribution is 1.97. The van der Waals surface area contributed by atoms with Gasteiger partial charge in [-0.1, -0.05) is 0 Å². The molecule has 0 aromatic rings. The summed E-state index contributed by atoms with van der Waals surface area (Å²) < 4.78 is 0. The maximum absolute atomic E-state index is 10.4. The fraction of sp³-hybridized carbons (Fsp3) is 0.667. The Morgan fingerprint density at radius 3 is 3.10 bits per heavy atom. The third kappa shape index (κ3) is 2.14. The van der Waals surface area contributed by atoms with Gasteiger partial charge in [-0.15, -0.1) is 5.06 Å². The minimum atomic E-state index is -0.280. The highest BCUT2D eigenvalue weighted by atomic mass is 16.7. The Kier molecular flexibility index (Phi) is 2.39. The lowest BCUT2D eigenvalue weighted by Crippen LogP contribution is -2.30. The monoisotopic (exact) mass is 142 g/mol. The molecule has 0 saturated heterocycles. The van der Waals surface area contributed by atoms with E-state index in [-0.39, 0.29) is 5.97 Å². The van der Waals surface area contributed by atoms with Crippen LogP contribution in [0.25, 0.3) is 0 Å². The summed E-state index contributed by atoms with van der Waals surface area (Å²) in [5, 5.41) is 1.54. The Hall–Kier alpha value is -0.900. The largest absolute Gasteiger partial charge is 0.366 e. The third-order valence-corrected chi connectivity index (χ3v) is 1.13. The van der Waals surface area contributed by atoms with Crippen LogP contribution in [0.1, 0.15) is 13.3 Å². The predicted molar refractivity (Wildman–Crippen MR) is 36.4 cm³/mol. The van der Waals surface area contributed by atoms with Crippen LogP contribution < -0.4 is 0 Å². The summed E-state index contributed by atoms with van der Waals surface area (Å²) in [4.78, 5) is 19.1. The first-order chi connectivity index (χ1) is 4.79. The van der Waals surface area contributed by atoms with E-state index in [2.05, 4.69) is 4.99 Å². The lowest BCUT2D eigenvalue weighted by Gasteiger charge is -2.19. The van der Waals surface area contributed by atoms with Gasteiger partial charge in [0.25, 0.3) is 0 Å². The zero-order chi connectivity index (χ0) is 7.40. The standard InChI is InChI=1S/C6H10N2O2/c1-6(9)10-8-4-2-3-7-5-8/h3H,2,4-5H2,1H3. The number of hydrogen-bond donors (Lipinski definition) is 0. The van der Waals surface area contributed by atoms with Gasteiger partial charge in [-0.05, 0) is 6.42 Å². The second-order valence-corrected chi connectivity index (χ2v) is 2.08. The van der Waals surface area contributed by atoms with Gasteiger partial charge in [0.2, 0.25) is 0 Å². The average molecular weight is 142 g/mol. The molecule has 1 rings (SSSR count). The van der Waals surface area contributed by atoms with E-state index in [4.69, 9.17) is 4.84 Å². The SMILES string of the molecule is CC(=O)ON1CCC=NC1. The van der Waals surface area contributed by atoms with Crippen LogP contribution >= 0.6 is 0 Å². The summed E-state index contributed by atoms with van der Waals surface area (Å²) in [5.74, 6) is -0.280. The van der Waals surface area contributed by atoms with Gasteiger partial charge in [-0.3, -0.25) is 9.79 Å². The number of nitrogens with zero attached hydrogens (tertiary/aromatic N) is 2. The van der Waals surface area contributed by atoms with Gasteiger partial charge < -0.3 is 4.84 Å². The molecule has 0 atom stereocenters. The van der Waals surface area contributed by atoms with Crippen LogP contribution in [0.5, 0.6) is 0 Å². The maximum atomic E-state index is 10.4. The highest BCUT2D eigenvalue weighted by Gasteiger charge is 2.08. The van der Waals surface area contributed by atoms with Crippen LogP contribution in [0, 0.1) is 0 Å². The minimum Gasteiger partial charge on any atom is -0.366 e. The van der Waals surface area contributed by atoms with Crippen molar-refractivity contribution in [2.45, 2.75) is 13.3 Å². The number of carbonyl (C=O) groups excluding carboxylic acids is 1. The third-order valence-electron chi connectivity index (χ3n) is 1.13. The molecule has 0 amide bonds. The molecule has 0 radical (unpaired) electrons. The summed E-state index contributed by atoms with van der Waals surface area (Å²) in [6.45, 7) is 2.61. The van der Waals surface area contributed by atoms with Crippen LogP contribution in [0.4, 0.5) is 0 Å². The number of hydrogen-bond acceptors (Lipinski definition) is 4. The molecule has 0 unspecified atom stereocenters. The molecule has 0 N–H and O–H groups in total. The molecule has 0 fully saturated rings. The Morgan fingerprint density at radius 1 is 1.80 bits per heavy atom. The average Bonchev–Trinajstić information content (AvgIpc) is 1.88. The van der Waals surface area contributed by atoms with Gasteiger partial charge in [0.1, 0.15) is 6.67 Å². The lowest BCUT2D eigenvalue weighted by molar-refractivity contribution is -0.187. The van der Waals surface area contributed by atoms with Crippen molar-refractivity contribution in [2.75, 3.05) is 13.2 Å². The maximum Gasteiger partial charge on any atom is 0.322 e. The summed E-state index contributed by atoms with van der Waals surface area (Å²) >= 11 is 0. The molecule has 0 saturated carbocycles. The molecular weight excluding hydrogens is 132 g/mol. The number of rotatable bonds is 1. The van der Waals surface area contributed by atoms with Crippen molar-refractivity contribution >= 4 is 12.2 Å². The molecule has 10 heavy (non-hydrogen) atoms. The molecule has 0 aromatic carbocycles. The van der Waals surface area contributed by atoms with Crippen molar-refractivity contribution in [3.63, 3.8) is 0 Å². The Labute approximate surface area is 59.4 Å². The van der Waals surface area contributed by atoms with E-state index in [0.717, 1.165) is 13.0 Å². The number of hydroxylamine groups is 2. The molecule has 4 heteroatoms. The lowest BCUT2D eigenvalue weighted by atomic mass is 10.4. The fourth-order valence-electron chi connectivity index (χ4n) is 0.769. The summed E-state index contributed by atoms with van der Waals surface area (Å²) in [5.41, 5.74) is 0. The minimum absolute atomic E-state index is 0.280. The van der Waals surface area contributed by atoms with Crippen LogP contribution in [0.15, 0.2) is 4.99 Å². The molecule has 0 bridgehead atoms. The summed E-state index contributed by atoms with van der Waals surface area (Å²) in [6.07, 6.45) is 2.69. The fourth-order valence-corrected chi connectivity index (χ4v) is 0.769. The zero-order valence-corrected chi connectivity index (χ0v) is 5.91. The first-order valence-corrected chi connectivity index (χ1v) is 3.21. The molecule has 1 aliphatic rings. The predicted octanol–water partition coefficient (Wildman–Crippen LogP) is 0.198. The van der Waals surface area contributed by atoms with Gasteiger partial charge >= 0.3 is 5.97 Å². The van der Waals surface area contributed by atoms with Crippen molar-refractivity contribution < 1.29 is 9.63 Å². The van der Waals surface area contributed by atoms with E-state index in [9.17, 15) is 4.79 Å². The van der Waals surface area contributed by atoms with E-state index >= 15 is 0 Å². The molecule has 0 aromatic heterocycles. The second-order valence-electron chi connectivity index (χ2n) is 2.08. The van der Waals surface area contributed by atoms with Gasteiger partial charge in [-0.2, -0.15) is 0 Å². The number of carbonyl (C=O) groups is 1. The van der Waals surface area contributed by atoms with Gasteiger partial charge in [0.15, 0.2) is 0 Å². The van der Waals surface area contributed by atoms with Crippen molar-refractivity contribution in [2.24, 2.45) is 4.99 Å².